The highest BCUT2D eigenvalue weighted by atomic mass is 79.9. The van der Waals surface area contributed by atoms with Crippen molar-refractivity contribution in [2.24, 2.45) is 0 Å². The Balaban J connectivity index is 2.02. The maximum absolute atomic E-state index is 5.57. The van der Waals surface area contributed by atoms with E-state index in [1.165, 1.54) is 25.7 Å². The number of ether oxygens (including phenoxy) is 1. The van der Waals surface area contributed by atoms with Crippen LogP contribution in [0.4, 0.5) is 0 Å². The van der Waals surface area contributed by atoms with Gasteiger partial charge in [-0.2, -0.15) is 0 Å². The van der Waals surface area contributed by atoms with Gasteiger partial charge in [0.15, 0.2) is 0 Å². The van der Waals surface area contributed by atoms with Gasteiger partial charge in [0.1, 0.15) is 0 Å². The summed E-state index contributed by atoms with van der Waals surface area (Å²) in [5.74, 6) is 0. The van der Waals surface area contributed by atoms with Gasteiger partial charge in [-0.05, 0) is 32.1 Å². The first-order chi connectivity index (χ1) is 4.93. The molecule has 0 heterocycles. The van der Waals surface area contributed by atoms with Gasteiger partial charge >= 0.3 is 0 Å². The molecule has 1 aliphatic carbocycles. The molecular weight excluding hydrogens is 192 g/mol. The lowest BCUT2D eigenvalue weighted by atomic mass is 9.98. The second kappa shape index (κ2) is 5.14. The molecule has 0 bridgehead atoms. The predicted molar refractivity (Wildman–Crippen MR) is 46.3 cm³/mol. The summed E-state index contributed by atoms with van der Waals surface area (Å²) in [5.41, 5.74) is 0. The molecule has 1 saturated carbocycles. The van der Waals surface area contributed by atoms with Crippen LogP contribution in [0.1, 0.15) is 25.7 Å². The van der Waals surface area contributed by atoms with Crippen LogP contribution in [0.3, 0.4) is 0 Å². The molecule has 0 unspecified atom stereocenters. The molecule has 1 nitrogen and oxygen atoms in total. The molecule has 1 fully saturated rings. The van der Waals surface area contributed by atoms with E-state index in [4.69, 9.17) is 4.74 Å². The fourth-order valence-electron chi connectivity index (χ4n) is 1.27. The Hall–Kier alpha value is 0.440. The number of halogens is 1. The zero-order valence-electron chi connectivity index (χ0n) is 6.18. The van der Waals surface area contributed by atoms with Crippen molar-refractivity contribution in [3.63, 3.8) is 0 Å². The topological polar surface area (TPSA) is 9.23 Å². The van der Waals surface area contributed by atoms with E-state index < -0.39 is 0 Å². The number of hydrogen-bond acceptors (Lipinski definition) is 1. The van der Waals surface area contributed by atoms with Crippen molar-refractivity contribution in [1.29, 1.82) is 0 Å². The molecule has 0 saturated heterocycles. The van der Waals surface area contributed by atoms with Crippen LogP contribution in [-0.2, 0) is 4.74 Å². The van der Waals surface area contributed by atoms with Crippen molar-refractivity contribution >= 4 is 15.9 Å². The Bertz CT molecular complexity index is 79.3. The molecule has 1 aliphatic rings. The second-order valence-corrected chi connectivity index (χ2v) is 3.42. The standard InChI is InChI=1S/C8H14BrO/c9-6-7-10-8-4-2-1-3-5-8/h1,8H,2-7H2. The van der Waals surface area contributed by atoms with Gasteiger partial charge in [-0.3, -0.25) is 0 Å². The lowest BCUT2D eigenvalue weighted by Gasteiger charge is -2.21. The van der Waals surface area contributed by atoms with Gasteiger partial charge in [0.25, 0.3) is 0 Å². The Morgan fingerprint density at radius 3 is 2.70 bits per heavy atom. The SMILES string of the molecule is BrCCOC1CC[CH]CC1. The molecule has 0 aromatic carbocycles. The van der Waals surface area contributed by atoms with E-state index in [2.05, 4.69) is 22.4 Å². The first kappa shape index (κ1) is 8.54. The van der Waals surface area contributed by atoms with Crippen molar-refractivity contribution in [1.82, 2.24) is 0 Å². The first-order valence-electron chi connectivity index (χ1n) is 3.92. The summed E-state index contributed by atoms with van der Waals surface area (Å²) in [4.78, 5) is 0. The fourth-order valence-corrected chi connectivity index (χ4v) is 1.46. The molecule has 0 aromatic heterocycles. The number of alkyl halides is 1. The van der Waals surface area contributed by atoms with Crippen molar-refractivity contribution in [2.45, 2.75) is 31.8 Å². The van der Waals surface area contributed by atoms with Gasteiger partial charge in [0.05, 0.1) is 12.7 Å². The molecule has 59 valence electrons. The molecule has 2 heteroatoms. The third-order valence-electron chi connectivity index (χ3n) is 1.82. The quantitative estimate of drug-likeness (QED) is 0.644. The largest absolute Gasteiger partial charge is 0.377 e. The van der Waals surface area contributed by atoms with E-state index in [1.54, 1.807) is 0 Å². The lowest BCUT2D eigenvalue weighted by Crippen LogP contribution is -2.17. The van der Waals surface area contributed by atoms with Crippen molar-refractivity contribution < 1.29 is 4.74 Å². The van der Waals surface area contributed by atoms with Gasteiger partial charge in [-0.15, -0.1) is 0 Å². The first-order valence-corrected chi connectivity index (χ1v) is 5.05. The van der Waals surface area contributed by atoms with E-state index in [-0.39, 0.29) is 0 Å². The van der Waals surface area contributed by atoms with Crippen LogP contribution in [0, 0.1) is 6.42 Å². The van der Waals surface area contributed by atoms with Gasteiger partial charge in [-0.1, -0.05) is 15.9 Å². The third kappa shape index (κ3) is 3.02. The van der Waals surface area contributed by atoms with Gasteiger partial charge in [0.2, 0.25) is 0 Å². The number of rotatable bonds is 3. The highest BCUT2D eigenvalue weighted by molar-refractivity contribution is 9.09. The van der Waals surface area contributed by atoms with E-state index in [0.717, 1.165) is 11.9 Å². The Morgan fingerprint density at radius 1 is 1.40 bits per heavy atom. The van der Waals surface area contributed by atoms with E-state index in [1.807, 2.05) is 0 Å². The van der Waals surface area contributed by atoms with E-state index in [9.17, 15) is 0 Å². The zero-order valence-corrected chi connectivity index (χ0v) is 7.77. The van der Waals surface area contributed by atoms with Crippen LogP contribution < -0.4 is 0 Å². The normalized spacial score (nSPS) is 21.3. The summed E-state index contributed by atoms with van der Waals surface area (Å²) in [6, 6.07) is 0. The minimum absolute atomic E-state index is 0.544. The average Bonchev–Trinajstić information content (AvgIpc) is 2.03. The lowest BCUT2D eigenvalue weighted by molar-refractivity contribution is 0.0458. The summed E-state index contributed by atoms with van der Waals surface area (Å²) >= 11 is 3.34. The van der Waals surface area contributed by atoms with Crippen LogP contribution in [0.2, 0.25) is 0 Å². The predicted octanol–water partition coefficient (Wildman–Crippen LogP) is 2.54. The molecule has 0 spiro atoms. The molecular formula is C8H14BrO. The molecule has 0 atom stereocenters. The zero-order chi connectivity index (χ0) is 7.23. The highest BCUT2D eigenvalue weighted by Gasteiger charge is 2.12. The van der Waals surface area contributed by atoms with Crippen LogP contribution in [0.25, 0.3) is 0 Å². The van der Waals surface area contributed by atoms with Crippen LogP contribution in [-0.4, -0.2) is 18.0 Å². The second-order valence-electron chi connectivity index (χ2n) is 2.63. The van der Waals surface area contributed by atoms with Gasteiger partial charge < -0.3 is 4.74 Å². The van der Waals surface area contributed by atoms with Gasteiger partial charge in [0, 0.05) is 5.33 Å². The molecule has 0 N–H and O–H groups in total. The summed E-state index contributed by atoms with van der Waals surface area (Å²) in [6.45, 7) is 0.866. The molecule has 0 aliphatic heterocycles. The van der Waals surface area contributed by atoms with E-state index in [0.29, 0.717) is 6.10 Å². The van der Waals surface area contributed by atoms with Crippen molar-refractivity contribution in [2.75, 3.05) is 11.9 Å². The molecule has 1 radical (unpaired) electrons. The molecule has 1 rings (SSSR count). The Morgan fingerprint density at radius 2 is 2.10 bits per heavy atom. The molecule has 10 heavy (non-hydrogen) atoms. The summed E-state index contributed by atoms with van der Waals surface area (Å²) < 4.78 is 5.57. The Kier molecular flexibility index (Phi) is 4.39. The van der Waals surface area contributed by atoms with Gasteiger partial charge in [-0.25, -0.2) is 0 Å². The van der Waals surface area contributed by atoms with Crippen molar-refractivity contribution in [3.8, 4) is 0 Å². The summed E-state index contributed by atoms with van der Waals surface area (Å²) in [6.07, 6.45) is 7.84. The average molecular weight is 206 g/mol. The summed E-state index contributed by atoms with van der Waals surface area (Å²) in [5, 5.41) is 0.965. The number of hydrogen-bond donors (Lipinski definition) is 0. The van der Waals surface area contributed by atoms with Crippen LogP contribution in [0.5, 0.6) is 0 Å². The third-order valence-corrected chi connectivity index (χ3v) is 2.14. The van der Waals surface area contributed by atoms with E-state index >= 15 is 0 Å². The van der Waals surface area contributed by atoms with Crippen LogP contribution in [0.15, 0.2) is 0 Å². The monoisotopic (exact) mass is 205 g/mol. The summed E-state index contributed by atoms with van der Waals surface area (Å²) in [7, 11) is 0. The maximum atomic E-state index is 5.57. The molecule has 0 amide bonds. The van der Waals surface area contributed by atoms with Crippen LogP contribution >= 0.6 is 15.9 Å². The highest BCUT2D eigenvalue weighted by Crippen LogP contribution is 2.19. The Labute approximate surface area is 71.3 Å². The minimum Gasteiger partial charge on any atom is -0.377 e. The van der Waals surface area contributed by atoms with Crippen molar-refractivity contribution in [3.05, 3.63) is 6.42 Å². The fraction of sp³-hybridized carbons (Fsp3) is 0.875. The smallest absolute Gasteiger partial charge is 0.0575 e. The molecule has 0 aromatic rings. The maximum Gasteiger partial charge on any atom is 0.0575 e. The minimum atomic E-state index is 0.544.